The molecular weight excluding hydrogens is 249 g/mol. The Balaban J connectivity index is 2.63. The van der Waals surface area contributed by atoms with Crippen molar-refractivity contribution >= 4 is 29.1 Å². The minimum absolute atomic E-state index is 0.0832. The maximum atomic E-state index is 11.5. The van der Waals surface area contributed by atoms with Crippen LogP contribution in [0.1, 0.15) is 12.5 Å². The van der Waals surface area contributed by atoms with Gasteiger partial charge in [-0.25, -0.2) is 0 Å². The van der Waals surface area contributed by atoms with Gasteiger partial charge in [0, 0.05) is 16.1 Å². The summed E-state index contributed by atoms with van der Waals surface area (Å²) in [5.41, 5.74) is 0.716. The van der Waals surface area contributed by atoms with E-state index in [4.69, 9.17) is 28.3 Å². The Morgan fingerprint density at radius 1 is 1.50 bits per heavy atom. The summed E-state index contributed by atoms with van der Waals surface area (Å²) in [4.78, 5) is 11.5. The standard InChI is InChI=1S/C11H13Cl2NO2/c1-7(6-15)14-11(16)4-8-2-3-9(12)5-10(8)13/h2-3,5,7,15H,4,6H2,1H3,(H,14,16)/t7-/m1/s1. The zero-order chi connectivity index (χ0) is 12.1. The van der Waals surface area contributed by atoms with Gasteiger partial charge in [-0.3, -0.25) is 4.79 Å². The largest absolute Gasteiger partial charge is 0.394 e. The number of nitrogens with one attached hydrogen (secondary N) is 1. The van der Waals surface area contributed by atoms with E-state index in [0.717, 1.165) is 0 Å². The fourth-order valence-electron chi connectivity index (χ4n) is 1.21. The highest BCUT2D eigenvalue weighted by atomic mass is 35.5. The van der Waals surface area contributed by atoms with Gasteiger partial charge in [0.2, 0.25) is 5.91 Å². The Morgan fingerprint density at radius 3 is 2.75 bits per heavy atom. The fourth-order valence-corrected chi connectivity index (χ4v) is 1.68. The monoisotopic (exact) mass is 261 g/mol. The van der Waals surface area contributed by atoms with Crippen molar-refractivity contribution in [3.8, 4) is 0 Å². The van der Waals surface area contributed by atoms with Gasteiger partial charge in [-0.05, 0) is 24.6 Å². The van der Waals surface area contributed by atoms with Gasteiger partial charge in [0.05, 0.1) is 13.0 Å². The number of rotatable bonds is 4. The summed E-state index contributed by atoms with van der Waals surface area (Å²) in [6.07, 6.45) is 0.181. The molecule has 5 heteroatoms. The molecule has 0 aliphatic carbocycles. The molecule has 0 saturated heterocycles. The van der Waals surface area contributed by atoms with Crippen LogP contribution in [0.3, 0.4) is 0 Å². The molecule has 0 heterocycles. The van der Waals surface area contributed by atoms with Gasteiger partial charge in [0.25, 0.3) is 0 Å². The third kappa shape index (κ3) is 4.00. The molecule has 0 aliphatic rings. The lowest BCUT2D eigenvalue weighted by molar-refractivity contribution is -0.121. The fraction of sp³-hybridized carbons (Fsp3) is 0.364. The van der Waals surface area contributed by atoms with Gasteiger partial charge >= 0.3 is 0 Å². The second-order valence-corrected chi connectivity index (χ2v) is 4.41. The first-order valence-corrected chi connectivity index (χ1v) is 5.62. The number of carbonyl (C=O) groups is 1. The van der Waals surface area contributed by atoms with Crippen LogP contribution in [0.25, 0.3) is 0 Å². The van der Waals surface area contributed by atoms with Crippen LogP contribution in [-0.2, 0) is 11.2 Å². The van der Waals surface area contributed by atoms with E-state index >= 15 is 0 Å². The predicted octanol–water partition coefficient (Wildman–Crippen LogP) is 2.03. The second kappa shape index (κ2) is 6.09. The van der Waals surface area contributed by atoms with E-state index in [1.54, 1.807) is 25.1 Å². The first-order valence-electron chi connectivity index (χ1n) is 4.87. The third-order valence-corrected chi connectivity index (χ3v) is 2.63. The molecule has 2 N–H and O–H groups in total. The molecule has 0 aromatic heterocycles. The smallest absolute Gasteiger partial charge is 0.224 e. The molecule has 3 nitrogen and oxygen atoms in total. The number of carbonyl (C=O) groups excluding carboxylic acids is 1. The maximum Gasteiger partial charge on any atom is 0.224 e. The van der Waals surface area contributed by atoms with Crippen molar-refractivity contribution in [3.63, 3.8) is 0 Å². The van der Waals surface area contributed by atoms with Crippen LogP contribution in [0.4, 0.5) is 0 Å². The number of benzene rings is 1. The lowest BCUT2D eigenvalue weighted by atomic mass is 10.1. The summed E-state index contributed by atoms with van der Waals surface area (Å²) >= 11 is 11.7. The summed E-state index contributed by atoms with van der Waals surface area (Å²) in [6.45, 7) is 1.64. The highest BCUT2D eigenvalue weighted by Crippen LogP contribution is 2.21. The molecule has 1 aromatic carbocycles. The molecule has 0 unspecified atom stereocenters. The molecule has 0 saturated carbocycles. The number of hydrogen-bond acceptors (Lipinski definition) is 2. The van der Waals surface area contributed by atoms with Crippen molar-refractivity contribution in [3.05, 3.63) is 33.8 Å². The number of aliphatic hydroxyl groups is 1. The number of hydrogen-bond donors (Lipinski definition) is 2. The topological polar surface area (TPSA) is 49.3 Å². The van der Waals surface area contributed by atoms with Crippen LogP contribution >= 0.6 is 23.2 Å². The Kier molecular flexibility index (Phi) is 5.06. The lowest BCUT2D eigenvalue weighted by Crippen LogP contribution is -2.36. The van der Waals surface area contributed by atoms with Crippen molar-refractivity contribution in [1.82, 2.24) is 5.32 Å². The molecule has 0 bridgehead atoms. The normalized spacial score (nSPS) is 12.2. The van der Waals surface area contributed by atoms with Crippen LogP contribution in [0.5, 0.6) is 0 Å². The molecular formula is C11H13Cl2NO2. The van der Waals surface area contributed by atoms with Crippen LogP contribution < -0.4 is 5.32 Å². The predicted molar refractivity (Wildman–Crippen MR) is 64.9 cm³/mol. The van der Waals surface area contributed by atoms with E-state index in [0.29, 0.717) is 15.6 Å². The Morgan fingerprint density at radius 2 is 2.19 bits per heavy atom. The van der Waals surface area contributed by atoms with Crippen molar-refractivity contribution < 1.29 is 9.90 Å². The summed E-state index contributed by atoms with van der Waals surface area (Å²) in [7, 11) is 0. The summed E-state index contributed by atoms with van der Waals surface area (Å²) < 4.78 is 0. The molecule has 0 aliphatic heterocycles. The first kappa shape index (κ1) is 13.3. The molecule has 1 amide bonds. The van der Waals surface area contributed by atoms with Gasteiger partial charge in [0.15, 0.2) is 0 Å². The van der Waals surface area contributed by atoms with Gasteiger partial charge in [-0.2, -0.15) is 0 Å². The Bertz CT molecular complexity index is 382. The molecule has 1 aromatic rings. The maximum absolute atomic E-state index is 11.5. The van der Waals surface area contributed by atoms with E-state index in [-0.39, 0.29) is 25.0 Å². The van der Waals surface area contributed by atoms with Crippen LogP contribution in [0, 0.1) is 0 Å². The minimum atomic E-state index is -0.251. The number of aliphatic hydroxyl groups excluding tert-OH is 1. The van der Waals surface area contributed by atoms with Crippen LogP contribution in [0.2, 0.25) is 10.0 Å². The molecule has 88 valence electrons. The van der Waals surface area contributed by atoms with Crippen molar-refractivity contribution in [2.75, 3.05) is 6.61 Å². The Labute approximate surface area is 104 Å². The van der Waals surface area contributed by atoms with Crippen LogP contribution in [-0.4, -0.2) is 23.7 Å². The quantitative estimate of drug-likeness (QED) is 0.872. The van der Waals surface area contributed by atoms with E-state index in [2.05, 4.69) is 5.32 Å². The molecule has 0 fully saturated rings. The van der Waals surface area contributed by atoms with E-state index in [9.17, 15) is 4.79 Å². The highest BCUT2D eigenvalue weighted by molar-refractivity contribution is 6.35. The summed E-state index contributed by atoms with van der Waals surface area (Å²) in [5, 5.41) is 12.4. The average molecular weight is 262 g/mol. The van der Waals surface area contributed by atoms with E-state index < -0.39 is 0 Å². The van der Waals surface area contributed by atoms with Crippen molar-refractivity contribution in [2.45, 2.75) is 19.4 Å². The molecule has 16 heavy (non-hydrogen) atoms. The molecule has 1 atom stereocenters. The van der Waals surface area contributed by atoms with Gasteiger partial charge in [0.1, 0.15) is 0 Å². The lowest BCUT2D eigenvalue weighted by Gasteiger charge is -2.11. The van der Waals surface area contributed by atoms with Gasteiger partial charge < -0.3 is 10.4 Å². The minimum Gasteiger partial charge on any atom is -0.394 e. The van der Waals surface area contributed by atoms with Crippen molar-refractivity contribution in [1.29, 1.82) is 0 Å². The summed E-state index contributed by atoms with van der Waals surface area (Å²) in [5.74, 6) is -0.175. The van der Waals surface area contributed by atoms with E-state index in [1.807, 2.05) is 0 Å². The highest BCUT2D eigenvalue weighted by Gasteiger charge is 2.09. The van der Waals surface area contributed by atoms with Gasteiger partial charge in [-0.1, -0.05) is 29.3 Å². The zero-order valence-electron chi connectivity index (χ0n) is 8.84. The molecule has 1 rings (SSSR count). The van der Waals surface area contributed by atoms with Crippen LogP contribution in [0.15, 0.2) is 18.2 Å². The number of amides is 1. The third-order valence-electron chi connectivity index (χ3n) is 2.05. The number of halogens is 2. The summed E-state index contributed by atoms with van der Waals surface area (Å²) in [6, 6.07) is 4.75. The second-order valence-electron chi connectivity index (χ2n) is 3.56. The SMILES string of the molecule is C[C@H](CO)NC(=O)Cc1ccc(Cl)cc1Cl. The zero-order valence-corrected chi connectivity index (χ0v) is 10.3. The molecule has 0 radical (unpaired) electrons. The average Bonchev–Trinajstić information content (AvgIpc) is 2.22. The first-order chi connectivity index (χ1) is 7.52. The molecule has 0 spiro atoms. The Hall–Kier alpha value is -0.770. The van der Waals surface area contributed by atoms with E-state index in [1.165, 1.54) is 0 Å². The van der Waals surface area contributed by atoms with Crippen molar-refractivity contribution in [2.24, 2.45) is 0 Å². The van der Waals surface area contributed by atoms with Gasteiger partial charge in [-0.15, -0.1) is 0 Å².